The lowest BCUT2D eigenvalue weighted by molar-refractivity contribution is -0.137. The number of aromatic nitrogens is 2. The maximum absolute atomic E-state index is 12.6. The lowest BCUT2D eigenvalue weighted by Crippen LogP contribution is -2.20. The molecule has 0 amide bonds. The minimum Gasteiger partial charge on any atom is -0.313 e. The van der Waals surface area contributed by atoms with E-state index in [0.29, 0.717) is 5.65 Å². The van der Waals surface area contributed by atoms with Gasteiger partial charge in [-0.25, -0.2) is 4.98 Å². The summed E-state index contributed by atoms with van der Waals surface area (Å²) in [5.41, 5.74) is -0.376. The van der Waals surface area contributed by atoms with Crippen molar-refractivity contribution in [1.82, 2.24) is 14.7 Å². The average Bonchev–Trinajstić information content (AvgIpc) is 2.70. The highest BCUT2D eigenvalue weighted by Gasteiger charge is 2.31. The Morgan fingerprint density at radius 2 is 2.17 bits per heavy atom. The van der Waals surface area contributed by atoms with Crippen LogP contribution in [0, 0.1) is 0 Å². The quantitative estimate of drug-likeness (QED) is 0.852. The number of nitrogens with one attached hydrogen (secondary N) is 1. The normalized spacial score (nSPS) is 12.0. The summed E-state index contributed by atoms with van der Waals surface area (Å²) in [4.78, 5) is 15.6. The molecule has 0 aliphatic heterocycles. The van der Waals surface area contributed by atoms with E-state index in [1.54, 1.807) is 7.05 Å². The molecule has 0 fully saturated rings. The van der Waals surface area contributed by atoms with Gasteiger partial charge in [-0.2, -0.15) is 13.2 Å². The van der Waals surface area contributed by atoms with Crippen molar-refractivity contribution in [2.75, 3.05) is 13.6 Å². The molecule has 0 aliphatic rings. The lowest BCUT2D eigenvalue weighted by Gasteiger charge is -2.07. The highest BCUT2D eigenvalue weighted by molar-refractivity contribution is 5.96. The van der Waals surface area contributed by atoms with E-state index >= 15 is 0 Å². The molecule has 7 heteroatoms. The summed E-state index contributed by atoms with van der Waals surface area (Å²) >= 11 is 0. The summed E-state index contributed by atoms with van der Waals surface area (Å²) in [6.45, 7) is 0.0457. The van der Waals surface area contributed by atoms with Crippen LogP contribution in [0.3, 0.4) is 0 Å². The number of halogens is 3. The minimum atomic E-state index is -4.44. The second-order valence-electron chi connectivity index (χ2n) is 3.74. The van der Waals surface area contributed by atoms with Crippen molar-refractivity contribution >= 4 is 11.4 Å². The van der Waals surface area contributed by atoms with E-state index in [1.807, 2.05) is 0 Å². The van der Waals surface area contributed by atoms with E-state index in [4.69, 9.17) is 0 Å². The molecule has 0 atom stereocenters. The van der Waals surface area contributed by atoms with E-state index in [0.717, 1.165) is 16.7 Å². The van der Waals surface area contributed by atoms with Crippen LogP contribution in [0.4, 0.5) is 13.2 Å². The number of carbonyl (C=O) groups is 1. The Kier molecular flexibility index (Phi) is 3.08. The third-order valence-electron chi connectivity index (χ3n) is 2.46. The SMILES string of the molecule is CNCC(=O)c1cnc2ccc(C(F)(F)F)cn12. The summed E-state index contributed by atoms with van der Waals surface area (Å²) < 4.78 is 38.9. The molecule has 0 spiro atoms. The van der Waals surface area contributed by atoms with Crippen molar-refractivity contribution in [1.29, 1.82) is 0 Å². The number of fused-ring (bicyclic) bond motifs is 1. The monoisotopic (exact) mass is 257 g/mol. The molecule has 96 valence electrons. The lowest BCUT2D eigenvalue weighted by atomic mass is 10.2. The molecular weight excluding hydrogens is 247 g/mol. The van der Waals surface area contributed by atoms with Gasteiger partial charge < -0.3 is 5.32 Å². The minimum absolute atomic E-state index is 0.0457. The molecule has 1 N–H and O–H groups in total. The van der Waals surface area contributed by atoms with Gasteiger partial charge in [-0.1, -0.05) is 0 Å². The maximum atomic E-state index is 12.6. The molecule has 0 saturated carbocycles. The van der Waals surface area contributed by atoms with Crippen molar-refractivity contribution < 1.29 is 18.0 Å². The molecule has 0 aromatic carbocycles. The van der Waals surface area contributed by atoms with Crippen molar-refractivity contribution in [3.8, 4) is 0 Å². The van der Waals surface area contributed by atoms with Crippen molar-refractivity contribution in [2.45, 2.75) is 6.18 Å². The number of pyridine rings is 1. The molecule has 2 heterocycles. The zero-order chi connectivity index (χ0) is 13.3. The molecule has 0 bridgehead atoms. The van der Waals surface area contributed by atoms with Gasteiger partial charge in [-0.15, -0.1) is 0 Å². The first kappa shape index (κ1) is 12.6. The summed E-state index contributed by atoms with van der Waals surface area (Å²) in [5.74, 6) is -0.315. The van der Waals surface area contributed by atoms with Gasteiger partial charge in [-0.05, 0) is 19.2 Å². The molecule has 2 aromatic rings. The predicted molar refractivity (Wildman–Crippen MR) is 58.5 cm³/mol. The molecule has 4 nitrogen and oxygen atoms in total. The summed E-state index contributed by atoms with van der Waals surface area (Å²) in [6, 6.07) is 2.17. The highest BCUT2D eigenvalue weighted by Crippen LogP contribution is 2.29. The predicted octanol–water partition coefficient (Wildman–Crippen LogP) is 1.76. The van der Waals surface area contributed by atoms with Gasteiger partial charge >= 0.3 is 6.18 Å². The molecule has 0 unspecified atom stereocenters. The number of ketones is 1. The maximum Gasteiger partial charge on any atom is 0.417 e. The van der Waals surface area contributed by atoms with Crippen LogP contribution in [0.2, 0.25) is 0 Å². The zero-order valence-electron chi connectivity index (χ0n) is 9.45. The number of imidazole rings is 1. The Bertz CT molecular complexity index is 589. The molecule has 2 rings (SSSR count). The summed E-state index contributed by atoms with van der Waals surface area (Å²) in [6.07, 6.45) is -2.29. The van der Waals surface area contributed by atoms with Gasteiger partial charge in [0.1, 0.15) is 11.3 Å². The smallest absolute Gasteiger partial charge is 0.313 e. The Morgan fingerprint density at radius 3 is 2.78 bits per heavy atom. The first-order chi connectivity index (χ1) is 8.43. The van der Waals surface area contributed by atoms with Gasteiger partial charge in [-0.3, -0.25) is 9.20 Å². The molecule has 0 radical (unpaired) electrons. The van der Waals surface area contributed by atoms with Gasteiger partial charge in [0, 0.05) is 6.20 Å². The number of carbonyl (C=O) groups excluding carboxylic acids is 1. The van der Waals surface area contributed by atoms with Crippen LogP contribution in [0.1, 0.15) is 16.1 Å². The third-order valence-corrected chi connectivity index (χ3v) is 2.46. The van der Waals surface area contributed by atoms with Crippen molar-refractivity contribution in [3.63, 3.8) is 0 Å². The first-order valence-electron chi connectivity index (χ1n) is 5.15. The Labute approximate surface area is 100 Å². The third kappa shape index (κ3) is 2.21. The summed E-state index contributed by atoms with van der Waals surface area (Å²) in [5, 5.41) is 2.65. The van der Waals surface area contributed by atoms with Gasteiger partial charge in [0.25, 0.3) is 0 Å². The van der Waals surface area contributed by atoms with E-state index in [-0.39, 0.29) is 18.0 Å². The van der Waals surface area contributed by atoms with Crippen LogP contribution in [-0.2, 0) is 6.18 Å². The fraction of sp³-hybridized carbons (Fsp3) is 0.273. The van der Waals surface area contributed by atoms with Crippen molar-refractivity contribution in [3.05, 3.63) is 35.8 Å². The van der Waals surface area contributed by atoms with E-state index in [2.05, 4.69) is 10.3 Å². The van der Waals surface area contributed by atoms with Crippen molar-refractivity contribution in [2.24, 2.45) is 0 Å². The van der Waals surface area contributed by atoms with E-state index in [1.165, 1.54) is 12.3 Å². The number of likely N-dealkylation sites (N-methyl/N-ethyl adjacent to an activating group) is 1. The second-order valence-corrected chi connectivity index (χ2v) is 3.74. The second kappa shape index (κ2) is 4.41. The molecule has 0 saturated heterocycles. The standard InChI is InChI=1S/C11H10F3N3O/c1-15-5-9(18)8-4-16-10-3-2-7(6-17(8)10)11(12,13)14/h2-4,6,15H,5H2,1H3. The van der Waals surface area contributed by atoms with Gasteiger partial charge in [0.05, 0.1) is 18.3 Å². The largest absolute Gasteiger partial charge is 0.417 e. The average molecular weight is 257 g/mol. The summed E-state index contributed by atoms with van der Waals surface area (Å²) in [7, 11) is 1.59. The molecular formula is C11H10F3N3O. The number of hydrogen-bond acceptors (Lipinski definition) is 3. The van der Waals surface area contributed by atoms with Gasteiger partial charge in [0.2, 0.25) is 0 Å². The fourth-order valence-corrected chi connectivity index (χ4v) is 1.61. The number of hydrogen-bond donors (Lipinski definition) is 1. The molecule has 2 aromatic heterocycles. The fourth-order valence-electron chi connectivity index (χ4n) is 1.61. The first-order valence-corrected chi connectivity index (χ1v) is 5.15. The van der Waals surface area contributed by atoms with Gasteiger partial charge in [0.15, 0.2) is 5.78 Å². The molecule has 0 aliphatic carbocycles. The Hall–Kier alpha value is -1.89. The number of nitrogens with zero attached hydrogens (tertiary/aromatic N) is 2. The molecule has 18 heavy (non-hydrogen) atoms. The van der Waals surface area contributed by atoms with E-state index in [9.17, 15) is 18.0 Å². The topological polar surface area (TPSA) is 46.4 Å². The van der Waals surface area contributed by atoms with Crippen LogP contribution in [0.5, 0.6) is 0 Å². The van der Waals surface area contributed by atoms with Crippen LogP contribution in [0.25, 0.3) is 5.65 Å². The Balaban J connectivity index is 2.53. The number of Topliss-reactive ketones (excluding diaryl/α,β-unsaturated/α-hetero) is 1. The van der Waals surface area contributed by atoms with Crippen LogP contribution >= 0.6 is 0 Å². The van der Waals surface area contributed by atoms with Crippen LogP contribution in [-0.4, -0.2) is 28.8 Å². The Morgan fingerprint density at radius 1 is 1.44 bits per heavy atom. The highest BCUT2D eigenvalue weighted by atomic mass is 19.4. The zero-order valence-corrected chi connectivity index (χ0v) is 9.45. The van der Waals surface area contributed by atoms with Crippen LogP contribution < -0.4 is 5.32 Å². The van der Waals surface area contributed by atoms with E-state index < -0.39 is 11.7 Å². The van der Waals surface area contributed by atoms with Crippen LogP contribution in [0.15, 0.2) is 24.5 Å². The number of alkyl halides is 3. The number of rotatable bonds is 3.